The van der Waals surface area contributed by atoms with E-state index in [1.165, 1.54) is 24.3 Å². The van der Waals surface area contributed by atoms with E-state index in [9.17, 15) is 24.0 Å². The first-order chi connectivity index (χ1) is 18.8. The topological polar surface area (TPSA) is 121 Å². The molecule has 39 heavy (non-hydrogen) atoms. The second kappa shape index (κ2) is 12.2. The number of nitriles is 1. The van der Waals surface area contributed by atoms with E-state index in [-0.39, 0.29) is 18.0 Å². The number of hydrogen-bond acceptors (Lipinski definition) is 6. The number of hydrogen-bond donors (Lipinski definition) is 2. The monoisotopic (exact) mass is 592 g/mol. The van der Waals surface area contributed by atoms with Crippen LogP contribution in [0, 0.1) is 17.1 Å². The number of benzene rings is 3. The maximum absolute atomic E-state index is 13.8. The molecule has 3 aromatic rings. The SMILES string of the molecule is CCOc1cc(/C=C2/NC(=O)N(CC(=O)Nc3ccccc3F)C2=O)c(Br)cc1OCc1ccccc1C#N. The number of carbonyl (C=O) groups excluding carboxylic acids is 3. The van der Waals surface area contributed by atoms with Gasteiger partial charge in [0.2, 0.25) is 5.91 Å². The van der Waals surface area contributed by atoms with E-state index >= 15 is 0 Å². The third-order valence-corrected chi connectivity index (χ3v) is 6.28. The van der Waals surface area contributed by atoms with E-state index in [4.69, 9.17) is 9.47 Å². The zero-order valence-corrected chi connectivity index (χ0v) is 22.2. The maximum Gasteiger partial charge on any atom is 0.329 e. The molecular weight excluding hydrogens is 571 g/mol. The Hall–Kier alpha value is -4.69. The zero-order chi connectivity index (χ0) is 27.9. The van der Waals surface area contributed by atoms with Crippen molar-refractivity contribution in [1.82, 2.24) is 10.2 Å². The first-order valence-electron chi connectivity index (χ1n) is 11.8. The van der Waals surface area contributed by atoms with E-state index in [0.717, 1.165) is 4.90 Å². The predicted octanol–water partition coefficient (Wildman–Crippen LogP) is 4.97. The average Bonchev–Trinajstić information content (AvgIpc) is 3.18. The minimum atomic E-state index is -0.785. The van der Waals surface area contributed by atoms with Crippen LogP contribution in [0.2, 0.25) is 0 Å². The lowest BCUT2D eigenvalue weighted by molar-refractivity contribution is -0.127. The van der Waals surface area contributed by atoms with Crippen LogP contribution in [-0.2, 0) is 16.2 Å². The van der Waals surface area contributed by atoms with Gasteiger partial charge in [0.25, 0.3) is 5.91 Å². The minimum Gasteiger partial charge on any atom is -0.490 e. The lowest BCUT2D eigenvalue weighted by Crippen LogP contribution is -2.38. The molecule has 2 N–H and O–H groups in total. The molecule has 0 saturated carbocycles. The number of carbonyl (C=O) groups is 3. The molecule has 1 heterocycles. The summed E-state index contributed by atoms with van der Waals surface area (Å²) < 4.78 is 26.0. The van der Waals surface area contributed by atoms with Crippen LogP contribution in [0.25, 0.3) is 6.08 Å². The number of amides is 4. The minimum absolute atomic E-state index is 0.0570. The first kappa shape index (κ1) is 27.3. The Morgan fingerprint density at radius 3 is 2.59 bits per heavy atom. The zero-order valence-electron chi connectivity index (χ0n) is 20.7. The quantitative estimate of drug-likeness (QED) is 0.267. The molecule has 1 aliphatic heterocycles. The van der Waals surface area contributed by atoms with E-state index in [1.807, 2.05) is 6.07 Å². The number of imide groups is 1. The molecule has 0 radical (unpaired) electrons. The number of halogens is 2. The summed E-state index contributed by atoms with van der Waals surface area (Å²) in [5.41, 5.74) is 1.60. The Bertz CT molecular complexity index is 1520. The van der Waals surface area contributed by atoms with Crippen LogP contribution in [0.1, 0.15) is 23.6 Å². The van der Waals surface area contributed by atoms with Gasteiger partial charge >= 0.3 is 6.03 Å². The second-order valence-corrected chi connectivity index (χ2v) is 9.07. The van der Waals surface area contributed by atoms with Crippen molar-refractivity contribution in [2.75, 3.05) is 18.5 Å². The van der Waals surface area contributed by atoms with Crippen molar-refractivity contribution >= 4 is 45.5 Å². The maximum atomic E-state index is 13.8. The van der Waals surface area contributed by atoms with Crippen molar-refractivity contribution in [3.8, 4) is 17.6 Å². The Balaban J connectivity index is 1.51. The van der Waals surface area contributed by atoms with Gasteiger partial charge in [-0.1, -0.05) is 46.3 Å². The average molecular weight is 593 g/mol. The summed E-state index contributed by atoms with van der Waals surface area (Å²) in [7, 11) is 0. The summed E-state index contributed by atoms with van der Waals surface area (Å²) in [6, 6.07) is 17.3. The fourth-order valence-electron chi connectivity index (χ4n) is 3.72. The Kier molecular flexibility index (Phi) is 8.58. The number of urea groups is 1. The van der Waals surface area contributed by atoms with Gasteiger partial charge in [0, 0.05) is 10.0 Å². The summed E-state index contributed by atoms with van der Waals surface area (Å²) in [6.07, 6.45) is 1.44. The fourth-order valence-corrected chi connectivity index (χ4v) is 4.16. The highest BCUT2D eigenvalue weighted by Crippen LogP contribution is 2.36. The highest BCUT2D eigenvalue weighted by Gasteiger charge is 2.35. The van der Waals surface area contributed by atoms with Crippen molar-refractivity contribution in [1.29, 1.82) is 5.26 Å². The van der Waals surface area contributed by atoms with Gasteiger partial charge in [-0.2, -0.15) is 5.26 Å². The summed E-state index contributed by atoms with van der Waals surface area (Å²) in [5, 5.41) is 14.1. The Labute approximate surface area is 231 Å². The van der Waals surface area contributed by atoms with Gasteiger partial charge in [-0.15, -0.1) is 0 Å². The molecule has 3 aromatic carbocycles. The van der Waals surface area contributed by atoms with Crippen molar-refractivity contribution in [3.63, 3.8) is 0 Å². The molecule has 0 aliphatic carbocycles. The van der Waals surface area contributed by atoms with Crippen molar-refractivity contribution in [2.45, 2.75) is 13.5 Å². The molecule has 1 fully saturated rings. The number of ether oxygens (including phenoxy) is 2. The Morgan fingerprint density at radius 2 is 1.85 bits per heavy atom. The highest BCUT2D eigenvalue weighted by molar-refractivity contribution is 9.10. The molecule has 198 valence electrons. The van der Waals surface area contributed by atoms with Crippen LogP contribution in [0.3, 0.4) is 0 Å². The molecule has 0 spiro atoms. The van der Waals surface area contributed by atoms with E-state index in [1.54, 1.807) is 43.3 Å². The molecule has 0 unspecified atom stereocenters. The molecular formula is C28H22BrFN4O5. The summed E-state index contributed by atoms with van der Waals surface area (Å²) >= 11 is 3.46. The number of nitrogens with one attached hydrogen (secondary N) is 2. The fraction of sp³-hybridized carbons (Fsp3) is 0.143. The molecule has 0 aromatic heterocycles. The van der Waals surface area contributed by atoms with Gasteiger partial charge < -0.3 is 20.1 Å². The van der Waals surface area contributed by atoms with Gasteiger partial charge in [0.1, 0.15) is 24.7 Å². The van der Waals surface area contributed by atoms with Crippen LogP contribution in [0.4, 0.5) is 14.9 Å². The van der Waals surface area contributed by atoms with Gasteiger partial charge in [-0.25, -0.2) is 14.1 Å². The number of anilines is 1. The number of para-hydroxylation sites is 1. The van der Waals surface area contributed by atoms with Gasteiger partial charge in [0.05, 0.1) is 23.9 Å². The molecule has 4 amide bonds. The third kappa shape index (κ3) is 6.42. The Morgan fingerprint density at radius 1 is 1.13 bits per heavy atom. The molecule has 0 atom stereocenters. The molecule has 1 saturated heterocycles. The first-order valence-corrected chi connectivity index (χ1v) is 12.6. The molecule has 4 rings (SSSR count). The molecule has 1 aliphatic rings. The van der Waals surface area contributed by atoms with Gasteiger partial charge in [-0.05, 0) is 48.9 Å². The van der Waals surface area contributed by atoms with Crippen LogP contribution < -0.4 is 20.1 Å². The summed E-state index contributed by atoms with van der Waals surface area (Å²) in [5.74, 6) is -1.29. The molecule has 9 nitrogen and oxygen atoms in total. The largest absolute Gasteiger partial charge is 0.490 e. The predicted molar refractivity (Wildman–Crippen MR) is 144 cm³/mol. The molecule has 11 heteroatoms. The van der Waals surface area contributed by atoms with E-state index in [2.05, 4.69) is 32.6 Å². The second-order valence-electron chi connectivity index (χ2n) is 8.22. The highest BCUT2D eigenvalue weighted by atomic mass is 79.9. The van der Waals surface area contributed by atoms with E-state index in [0.29, 0.717) is 39.3 Å². The standard InChI is InChI=1S/C28H22BrFN4O5/c1-2-38-24-12-19(20(29)13-25(24)39-16-18-8-4-3-7-17(18)14-31)11-23-27(36)34(28(37)33-23)15-26(35)32-22-10-6-5-9-21(22)30/h3-13H,2,15-16H2,1H3,(H,32,35)(H,33,37)/b23-11+. The van der Waals surface area contributed by atoms with Crippen LogP contribution in [0.15, 0.2) is 70.8 Å². The number of nitrogens with zero attached hydrogens (tertiary/aromatic N) is 2. The van der Waals surface area contributed by atoms with Crippen molar-refractivity contribution in [2.24, 2.45) is 0 Å². The summed E-state index contributed by atoms with van der Waals surface area (Å²) in [6.45, 7) is 1.68. The van der Waals surface area contributed by atoms with E-state index < -0.39 is 30.2 Å². The van der Waals surface area contributed by atoms with Crippen LogP contribution in [0.5, 0.6) is 11.5 Å². The van der Waals surface area contributed by atoms with Crippen molar-refractivity contribution in [3.05, 3.63) is 93.3 Å². The lowest BCUT2D eigenvalue weighted by Gasteiger charge is -2.15. The van der Waals surface area contributed by atoms with Gasteiger partial charge in [0.15, 0.2) is 11.5 Å². The van der Waals surface area contributed by atoms with Crippen molar-refractivity contribution < 1.29 is 28.2 Å². The molecule has 0 bridgehead atoms. The van der Waals surface area contributed by atoms with Crippen LogP contribution in [-0.4, -0.2) is 35.9 Å². The van der Waals surface area contributed by atoms with Crippen LogP contribution >= 0.6 is 15.9 Å². The third-order valence-electron chi connectivity index (χ3n) is 5.60. The normalized spacial score (nSPS) is 13.7. The lowest BCUT2D eigenvalue weighted by atomic mass is 10.1. The van der Waals surface area contributed by atoms with Gasteiger partial charge in [-0.3, -0.25) is 9.59 Å². The smallest absolute Gasteiger partial charge is 0.329 e. The number of rotatable bonds is 9. The summed E-state index contributed by atoms with van der Waals surface area (Å²) in [4.78, 5) is 38.4.